The van der Waals surface area contributed by atoms with Crippen LogP contribution in [0, 0.1) is 0 Å². The molecule has 0 atom stereocenters. The molecular formula is C12H18N2O4. The van der Waals surface area contributed by atoms with Crippen LogP contribution in [0.25, 0.3) is 0 Å². The first-order chi connectivity index (χ1) is 8.58. The molecular weight excluding hydrogens is 236 g/mol. The first-order valence-electron chi connectivity index (χ1n) is 5.81. The Morgan fingerprint density at radius 3 is 2.78 bits per heavy atom. The van der Waals surface area contributed by atoms with E-state index in [1.807, 2.05) is 11.8 Å². The molecule has 1 rings (SSSR count). The van der Waals surface area contributed by atoms with Crippen molar-refractivity contribution in [2.45, 2.75) is 19.9 Å². The van der Waals surface area contributed by atoms with Crippen LogP contribution in [0.4, 0.5) is 0 Å². The van der Waals surface area contributed by atoms with E-state index in [4.69, 9.17) is 9.52 Å². The van der Waals surface area contributed by atoms with Gasteiger partial charge in [0.15, 0.2) is 0 Å². The molecule has 0 bridgehead atoms. The molecule has 2 N–H and O–H groups in total. The van der Waals surface area contributed by atoms with Gasteiger partial charge in [-0.1, -0.05) is 6.92 Å². The normalized spacial score (nSPS) is 10.6. The standard InChI is InChI=1S/C12H18N2O4/c1-3-5-14(8-11(15)13-2)7-10-9(12(16)17)4-6-18-10/h4,6H,3,5,7-8H2,1-2H3,(H,13,15)(H,16,17). The fourth-order valence-corrected chi connectivity index (χ4v) is 1.67. The quantitative estimate of drug-likeness (QED) is 0.756. The monoisotopic (exact) mass is 254 g/mol. The van der Waals surface area contributed by atoms with E-state index in [2.05, 4.69) is 5.32 Å². The molecule has 0 radical (unpaired) electrons. The van der Waals surface area contributed by atoms with Crippen LogP contribution in [-0.2, 0) is 11.3 Å². The van der Waals surface area contributed by atoms with E-state index >= 15 is 0 Å². The SMILES string of the molecule is CCCN(CC(=O)NC)Cc1occc1C(=O)O. The zero-order valence-electron chi connectivity index (χ0n) is 10.6. The maximum Gasteiger partial charge on any atom is 0.339 e. The molecule has 1 aromatic rings. The maximum atomic E-state index is 11.3. The summed E-state index contributed by atoms with van der Waals surface area (Å²) in [4.78, 5) is 24.1. The van der Waals surface area contributed by atoms with Crippen LogP contribution in [0.2, 0.25) is 0 Å². The molecule has 0 aliphatic heterocycles. The van der Waals surface area contributed by atoms with Crippen molar-refractivity contribution in [2.24, 2.45) is 0 Å². The summed E-state index contributed by atoms with van der Waals surface area (Å²) in [5.41, 5.74) is 0.146. The third-order valence-electron chi connectivity index (χ3n) is 2.53. The molecule has 6 nitrogen and oxygen atoms in total. The number of carbonyl (C=O) groups excluding carboxylic acids is 1. The number of nitrogens with zero attached hydrogens (tertiary/aromatic N) is 1. The van der Waals surface area contributed by atoms with E-state index in [1.165, 1.54) is 12.3 Å². The van der Waals surface area contributed by atoms with E-state index in [0.717, 1.165) is 6.42 Å². The van der Waals surface area contributed by atoms with Crippen molar-refractivity contribution in [3.63, 3.8) is 0 Å². The maximum absolute atomic E-state index is 11.3. The van der Waals surface area contributed by atoms with Crippen LogP contribution in [0.3, 0.4) is 0 Å². The molecule has 18 heavy (non-hydrogen) atoms. The number of carboxylic acids is 1. The van der Waals surface area contributed by atoms with E-state index in [-0.39, 0.29) is 18.0 Å². The van der Waals surface area contributed by atoms with Crippen molar-refractivity contribution >= 4 is 11.9 Å². The summed E-state index contributed by atoms with van der Waals surface area (Å²) in [6.07, 6.45) is 2.23. The third kappa shape index (κ3) is 3.89. The molecule has 0 saturated carbocycles. The highest BCUT2D eigenvalue weighted by Crippen LogP contribution is 2.13. The van der Waals surface area contributed by atoms with Gasteiger partial charge in [0.05, 0.1) is 19.4 Å². The molecule has 1 heterocycles. The molecule has 0 unspecified atom stereocenters. The van der Waals surface area contributed by atoms with Crippen LogP contribution >= 0.6 is 0 Å². The number of furan rings is 1. The molecule has 6 heteroatoms. The minimum Gasteiger partial charge on any atom is -0.478 e. The average Bonchev–Trinajstić information content (AvgIpc) is 2.77. The van der Waals surface area contributed by atoms with Gasteiger partial charge in [0.1, 0.15) is 11.3 Å². The first-order valence-corrected chi connectivity index (χ1v) is 5.81. The Morgan fingerprint density at radius 1 is 1.50 bits per heavy atom. The number of hydrogen-bond donors (Lipinski definition) is 2. The summed E-state index contributed by atoms with van der Waals surface area (Å²) >= 11 is 0. The van der Waals surface area contributed by atoms with Crippen LogP contribution in [0.1, 0.15) is 29.5 Å². The lowest BCUT2D eigenvalue weighted by Crippen LogP contribution is -2.35. The Hall–Kier alpha value is -1.82. The average molecular weight is 254 g/mol. The van der Waals surface area contributed by atoms with Crippen LogP contribution in [0.15, 0.2) is 16.7 Å². The number of nitrogens with one attached hydrogen (secondary N) is 1. The zero-order valence-corrected chi connectivity index (χ0v) is 10.6. The highest BCUT2D eigenvalue weighted by Gasteiger charge is 2.17. The Kier molecular flexibility index (Phi) is 5.38. The predicted molar refractivity (Wildman–Crippen MR) is 65.3 cm³/mol. The van der Waals surface area contributed by atoms with Crippen molar-refractivity contribution in [3.8, 4) is 0 Å². The van der Waals surface area contributed by atoms with E-state index in [0.29, 0.717) is 18.8 Å². The van der Waals surface area contributed by atoms with Gasteiger partial charge in [0, 0.05) is 7.05 Å². The Balaban J connectivity index is 2.73. The summed E-state index contributed by atoms with van der Waals surface area (Å²) in [6, 6.07) is 1.42. The van der Waals surface area contributed by atoms with Crippen molar-refractivity contribution in [3.05, 3.63) is 23.7 Å². The number of aromatic carboxylic acids is 1. The number of carboxylic acid groups (broad SMARTS) is 1. The minimum atomic E-state index is -1.02. The lowest BCUT2D eigenvalue weighted by atomic mass is 10.2. The van der Waals surface area contributed by atoms with Gasteiger partial charge >= 0.3 is 5.97 Å². The molecule has 0 aliphatic carbocycles. The fraction of sp³-hybridized carbons (Fsp3) is 0.500. The minimum absolute atomic E-state index is 0.105. The Labute approximate surface area is 106 Å². The third-order valence-corrected chi connectivity index (χ3v) is 2.53. The molecule has 0 aromatic carbocycles. The van der Waals surface area contributed by atoms with Gasteiger partial charge in [-0.15, -0.1) is 0 Å². The molecule has 0 spiro atoms. The van der Waals surface area contributed by atoms with Gasteiger partial charge in [-0.2, -0.15) is 0 Å². The smallest absolute Gasteiger partial charge is 0.339 e. The molecule has 1 amide bonds. The second kappa shape index (κ2) is 6.80. The summed E-state index contributed by atoms with van der Waals surface area (Å²) in [5.74, 6) is -0.748. The fourth-order valence-electron chi connectivity index (χ4n) is 1.67. The lowest BCUT2D eigenvalue weighted by molar-refractivity contribution is -0.121. The lowest BCUT2D eigenvalue weighted by Gasteiger charge is -2.19. The zero-order chi connectivity index (χ0) is 13.5. The number of hydrogen-bond acceptors (Lipinski definition) is 4. The van der Waals surface area contributed by atoms with E-state index in [9.17, 15) is 9.59 Å². The largest absolute Gasteiger partial charge is 0.478 e. The number of rotatable bonds is 7. The van der Waals surface area contributed by atoms with E-state index < -0.39 is 5.97 Å². The summed E-state index contributed by atoms with van der Waals surface area (Å²) in [7, 11) is 1.57. The molecule has 0 saturated heterocycles. The van der Waals surface area contributed by atoms with Crippen molar-refractivity contribution in [1.82, 2.24) is 10.2 Å². The molecule has 1 aromatic heterocycles. The van der Waals surface area contributed by atoms with Crippen LogP contribution in [-0.4, -0.2) is 42.0 Å². The Morgan fingerprint density at radius 2 is 2.22 bits per heavy atom. The molecule has 0 aliphatic rings. The number of amides is 1. The van der Waals surface area contributed by atoms with Gasteiger partial charge in [-0.05, 0) is 19.0 Å². The second-order valence-electron chi connectivity index (χ2n) is 3.95. The number of likely N-dealkylation sites (N-methyl/N-ethyl adjacent to an activating group) is 1. The summed E-state index contributed by atoms with van der Waals surface area (Å²) < 4.78 is 5.16. The second-order valence-corrected chi connectivity index (χ2v) is 3.95. The topological polar surface area (TPSA) is 82.8 Å². The highest BCUT2D eigenvalue weighted by molar-refractivity contribution is 5.88. The summed E-state index contributed by atoms with van der Waals surface area (Å²) in [6.45, 7) is 3.24. The van der Waals surface area contributed by atoms with Gasteiger partial charge in [0.25, 0.3) is 0 Å². The predicted octanol–water partition coefficient (Wildman–Crippen LogP) is 0.936. The molecule has 100 valence electrons. The summed E-state index contributed by atoms with van der Waals surface area (Å²) in [5, 5.41) is 11.5. The van der Waals surface area contributed by atoms with Crippen molar-refractivity contribution in [1.29, 1.82) is 0 Å². The van der Waals surface area contributed by atoms with Gasteiger partial charge < -0.3 is 14.8 Å². The molecule has 0 fully saturated rings. The Bertz CT molecular complexity index is 414. The van der Waals surface area contributed by atoms with Crippen molar-refractivity contribution < 1.29 is 19.1 Å². The highest BCUT2D eigenvalue weighted by atomic mass is 16.4. The van der Waals surface area contributed by atoms with Crippen LogP contribution in [0.5, 0.6) is 0 Å². The first kappa shape index (κ1) is 14.2. The van der Waals surface area contributed by atoms with Gasteiger partial charge in [-0.25, -0.2) is 4.79 Å². The van der Waals surface area contributed by atoms with Gasteiger partial charge in [0.2, 0.25) is 5.91 Å². The van der Waals surface area contributed by atoms with Gasteiger partial charge in [-0.3, -0.25) is 9.69 Å². The van der Waals surface area contributed by atoms with Crippen molar-refractivity contribution in [2.75, 3.05) is 20.1 Å². The van der Waals surface area contributed by atoms with E-state index in [1.54, 1.807) is 7.05 Å². The van der Waals surface area contributed by atoms with Crippen LogP contribution < -0.4 is 5.32 Å². The number of carbonyl (C=O) groups is 2.